The van der Waals surface area contributed by atoms with Gasteiger partial charge in [0.25, 0.3) is 0 Å². The van der Waals surface area contributed by atoms with Crippen molar-refractivity contribution in [3.63, 3.8) is 0 Å². The number of anilines is 1. The summed E-state index contributed by atoms with van der Waals surface area (Å²) in [5.74, 6) is -1.25. The third-order valence-corrected chi connectivity index (χ3v) is 5.17. The maximum absolute atomic E-state index is 12.1. The Morgan fingerprint density at radius 2 is 1.96 bits per heavy atom. The topological polar surface area (TPSA) is 73.9 Å². The summed E-state index contributed by atoms with van der Waals surface area (Å²) in [6.45, 7) is 8.19. The van der Waals surface area contributed by atoms with Gasteiger partial charge in [-0.25, -0.2) is 0 Å². The number of nitrogens with zero attached hydrogens (tertiary/aromatic N) is 2. The highest BCUT2D eigenvalue weighted by Gasteiger charge is 2.26. The van der Waals surface area contributed by atoms with E-state index in [0.717, 1.165) is 31.6 Å². The normalized spacial score (nSPS) is 17.9. The minimum Gasteiger partial charge on any atom is -0.379 e. The summed E-state index contributed by atoms with van der Waals surface area (Å²) in [6, 6.07) is 6.54. The van der Waals surface area contributed by atoms with Crippen molar-refractivity contribution in [3.05, 3.63) is 42.0 Å². The Morgan fingerprint density at radius 3 is 2.70 bits per heavy atom. The van der Waals surface area contributed by atoms with Gasteiger partial charge in [0, 0.05) is 45.5 Å². The molecular weight excluding hydrogens is 344 g/mol. The Morgan fingerprint density at radius 1 is 1.22 bits per heavy atom. The van der Waals surface area contributed by atoms with Crippen LogP contribution in [-0.2, 0) is 20.7 Å². The number of hydrogen-bond donors (Lipinski definition) is 2. The minimum absolute atomic E-state index is 0.0151. The molecule has 2 aliphatic heterocycles. The molecule has 1 fully saturated rings. The molecular formula is C20H28N4O3. The summed E-state index contributed by atoms with van der Waals surface area (Å²) in [5.41, 5.74) is 3.77. The summed E-state index contributed by atoms with van der Waals surface area (Å²) in [5, 5.41) is 5.29. The highest BCUT2D eigenvalue weighted by molar-refractivity contribution is 6.35. The van der Waals surface area contributed by atoms with Gasteiger partial charge in [0.15, 0.2) is 0 Å². The number of carbonyl (C=O) groups is 2. The molecule has 27 heavy (non-hydrogen) atoms. The van der Waals surface area contributed by atoms with Crippen LogP contribution in [0.4, 0.5) is 5.69 Å². The molecule has 7 nitrogen and oxygen atoms in total. The first-order valence-corrected chi connectivity index (χ1v) is 9.43. The summed E-state index contributed by atoms with van der Waals surface area (Å²) in [6.07, 6.45) is 2.58. The summed E-state index contributed by atoms with van der Waals surface area (Å²) in [4.78, 5) is 28.5. The molecule has 2 amide bonds. The Hall–Kier alpha value is -2.38. The largest absolute Gasteiger partial charge is 0.379 e. The fraction of sp³-hybridized carbons (Fsp3) is 0.500. The van der Waals surface area contributed by atoms with Crippen LogP contribution in [0.1, 0.15) is 17.2 Å². The van der Waals surface area contributed by atoms with Crippen LogP contribution < -0.4 is 15.5 Å². The molecule has 0 saturated carbocycles. The van der Waals surface area contributed by atoms with Gasteiger partial charge >= 0.3 is 11.8 Å². The van der Waals surface area contributed by atoms with Crippen molar-refractivity contribution in [1.29, 1.82) is 0 Å². The average Bonchev–Trinajstić information content (AvgIpc) is 3.07. The smallest absolute Gasteiger partial charge is 0.309 e. The lowest BCUT2D eigenvalue weighted by atomic mass is 10.0. The van der Waals surface area contributed by atoms with Crippen LogP contribution in [0, 0.1) is 0 Å². The number of morpholine rings is 1. The molecule has 1 aromatic rings. The molecule has 0 spiro atoms. The number of nitrogens with one attached hydrogen (secondary N) is 2. The van der Waals surface area contributed by atoms with Crippen molar-refractivity contribution >= 4 is 17.5 Å². The minimum atomic E-state index is -0.633. The van der Waals surface area contributed by atoms with Crippen LogP contribution in [0.3, 0.4) is 0 Å². The van der Waals surface area contributed by atoms with Crippen LogP contribution in [0.25, 0.3) is 0 Å². The fourth-order valence-electron chi connectivity index (χ4n) is 3.66. The lowest BCUT2D eigenvalue weighted by Gasteiger charge is -2.35. The molecule has 2 aliphatic rings. The second-order valence-electron chi connectivity index (χ2n) is 6.93. The van der Waals surface area contributed by atoms with E-state index >= 15 is 0 Å². The van der Waals surface area contributed by atoms with Crippen molar-refractivity contribution in [2.75, 3.05) is 57.9 Å². The monoisotopic (exact) mass is 372 g/mol. The highest BCUT2D eigenvalue weighted by Crippen LogP contribution is 2.31. The first kappa shape index (κ1) is 19.4. The van der Waals surface area contributed by atoms with Crippen molar-refractivity contribution in [3.8, 4) is 0 Å². The maximum atomic E-state index is 12.1. The van der Waals surface area contributed by atoms with E-state index in [1.807, 2.05) is 0 Å². The van der Waals surface area contributed by atoms with Gasteiger partial charge in [0.05, 0.1) is 19.3 Å². The maximum Gasteiger partial charge on any atom is 0.309 e. The third-order valence-electron chi connectivity index (χ3n) is 5.17. The van der Waals surface area contributed by atoms with Gasteiger partial charge < -0.3 is 20.3 Å². The van der Waals surface area contributed by atoms with E-state index in [4.69, 9.17) is 4.74 Å². The molecule has 0 radical (unpaired) electrons. The van der Waals surface area contributed by atoms with Crippen molar-refractivity contribution in [2.45, 2.75) is 12.5 Å². The first-order valence-electron chi connectivity index (χ1n) is 9.43. The Labute approximate surface area is 160 Å². The molecule has 1 saturated heterocycles. The zero-order valence-corrected chi connectivity index (χ0v) is 15.9. The van der Waals surface area contributed by atoms with Gasteiger partial charge in [0.1, 0.15) is 0 Å². The average molecular weight is 372 g/mol. The summed E-state index contributed by atoms with van der Waals surface area (Å²) < 4.78 is 5.47. The second kappa shape index (κ2) is 9.01. The summed E-state index contributed by atoms with van der Waals surface area (Å²) >= 11 is 0. The van der Waals surface area contributed by atoms with Crippen LogP contribution in [0.15, 0.2) is 30.9 Å². The molecule has 3 rings (SSSR count). The van der Waals surface area contributed by atoms with Crippen molar-refractivity contribution in [2.24, 2.45) is 0 Å². The number of fused-ring (bicyclic) bond motifs is 1. The number of likely N-dealkylation sites (N-methyl/N-ethyl adjacent to an activating group) is 1. The van der Waals surface area contributed by atoms with E-state index < -0.39 is 11.8 Å². The molecule has 0 unspecified atom stereocenters. The molecule has 146 valence electrons. The molecule has 2 N–H and O–H groups in total. The number of rotatable bonds is 6. The number of carbonyl (C=O) groups excluding carboxylic acids is 2. The van der Waals surface area contributed by atoms with Gasteiger partial charge in [-0.2, -0.15) is 0 Å². The fourth-order valence-corrected chi connectivity index (χ4v) is 3.66. The zero-order valence-electron chi connectivity index (χ0n) is 15.9. The Bertz CT molecular complexity index is 700. The molecule has 0 aliphatic carbocycles. The van der Waals surface area contributed by atoms with Crippen molar-refractivity contribution < 1.29 is 14.3 Å². The van der Waals surface area contributed by atoms with E-state index in [1.165, 1.54) is 11.3 Å². The third kappa shape index (κ3) is 4.67. The van der Waals surface area contributed by atoms with Gasteiger partial charge in [0.2, 0.25) is 0 Å². The predicted octanol–water partition coefficient (Wildman–Crippen LogP) is 0.471. The van der Waals surface area contributed by atoms with Crippen LogP contribution >= 0.6 is 0 Å². The van der Waals surface area contributed by atoms with E-state index in [-0.39, 0.29) is 12.6 Å². The first-order chi connectivity index (χ1) is 13.1. The molecule has 0 bridgehead atoms. The Kier molecular flexibility index (Phi) is 6.47. The Balaban J connectivity index is 1.72. The molecule has 2 heterocycles. The number of amides is 2. The van der Waals surface area contributed by atoms with E-state index in [9.17, 15) is 9.59 Å². The van der Waals surface area contributed by atoms with Crippen molar-refractivity contribution in [1.82, 2.24) is 15.5 Å². The summed E-state index contributed by atoms with van der Waals surface area (Å²) in [7, 11) is 2.10. The van der Waals surface area contributed by atoms with Crippen LogP contribution in [0.2, 0.25) is 0 Å². The van der Waals surface area contributed by atoms with E-state index in [2.05, 4.69) is 52.3 Å². The van der Waals surface area contributed by atoms with Crippen LogP contribution in [0.5, 0.6) is 0 Å². The number of hydrogen-bond acceptors (Lipinski definition) is 5. The second-order valence-corrected chi connectivity index (χ2v) is 6.93. The van der Waals surface area contributed by atoms with Gasteiger partial charge in [-0.05, 0) is 23.6 Å². The van der Waals surface area contributed by atoms with E-state index in [1.54, 1.807) is 6.08 Å². The standard InChI is InChI=1S/C20H28N4O3/c1-3-7-21-19(25)20(26)22-14-18(24-9-11-27-12-10-24)15-4-5-17-16(13-15)6-8-23(17)2/h3-5,13,18H,1,6-12,14H2,2H3,(H,21,25)(H,22,26)/t18-/m0/s1. The zero-order chi connectivity index (χ0) is 19.2. The number of benzene rings is 1. The molecule has 1 atom stereocenters. The van der Waals surface area contributed by atoms with E-state index in [0.29, 0.717) is 19.8 Å². The molecule has 1 aromatic carbocycles. The predicted molar refractivity (Wildman–Crippen MR) is 105 cm³/mol. The lowest BCUT2D eigenvalue weighted by Crippen LogP contribution is -2.46. The van der Waals surface area contributed by atoms with Gasteiger partial charge in [-0.15, -0.1) is 6.58 Å². The number of ether oxygens (including phenoxy) is 1. The lowest BCUT2D eigenvalue weighted by molar-refractivity contribution is -0.139. The molecule has 7 heteroatoms. The van der Waals surface area contributed by atoms with Gasteiger partial charge in [-0.1, -0.05) is 18.2 Å². The quantitative estimate of drug-likeness (QED) is 0.561. The van der Waals surface area contributed by atoms with Gasteiger partial charge in [-0.3, -0.25) is 14.5 Å². The SMILES string of the molecule is C=CCNC(=O)C(=O)NC[C@@H](c1ccc2c(c1)CCN2C)N1CCOCC1. The molecule has 0 aromatic heterocycles. The van der Waals surface area contributed by atoms with Crippen LogP contribution in [-0.4, -0.2) is 69.7 Å². The highest BCUT2D eigenvalue weighted by atomic mass is 16.5.